The molecule has 1 aromatic carbocycles. The van der Waals surface area contributed by atoms with Crippen LogP contribution in [0.25, 0.3) is 0 Å². The van der Waals surface area contributed by atoms with Crippen LogP contribution in [-0.4, -0.2) is 28.7 Å². The van der Waals surface area contributed by atoms with E-state index in [0.717, 1.165) is 4.90 Å². The largest absolute Gasteiger partial charge is 0.324 e. The van der Waals surface area contributed by atoms with Crippen LogP contribution in [0.2, 0.25) is 10.0 Å². The first kappa shape index (κ1) is 14.8. The molecular weight excluding hydrogens is 303 g/mol. The number of benzene rings is 1. The summed E-state index contributed by atoms with van der Waals surface area (Å²) in [4.78, 5) is 36.2. The van der Waals surface area contributed by atoms with E-state index in [4.69, 9.17) is 23.2 Å². The highest BCUT2D eigenvalue weighted by molar-refractivity contribution is 6.42. The van der Waals surface area contributed by atoms with E-state index in [9.17, 15) is 14.4 Å². The Balaban J connectivity index is 2.09. The Labute approximate surface area is 125 Å². The fourth-order valence-corrected chi connectivity index (χ4v) is 2.26. The number of rotatable bonds is 3. The zero-order valence-corrected chi connectivity index (χ0v) is 12.2. The molecule has 7 heteroatoms. The monoisotopic (exact) mass is 314 g/mol. The van der Waals surface area contributed by atoms with Gasteiger partial charge in [-0.1, -0.05) is 23.2 Å². The number of amides is 3. The van der Waals surface area contributed by atoms with E-state index in [1.165, 1.54) is 13.0 Å². The molecule has 1 heterocycles. The number of hydrogen-bond donors (Lipinski definition) is 1. The number of nitrogens with zero attached hydrogens (tertiary/aromatic N) is 1. The van der Waals surface area contributed by atoms with Crippen LogP contribution in [0.1, 0.15) is 19.8 Å². The molecule has 1 N–H and O–H groups in total. The van der Waals surface area contributed by atoms with Crippen LogP contribution >= 0.6 is 23.2 Å². The first-order chi connectivity index (χ1) is 9.40. The van der Waals surface area contributed by atoms with E-state index in [-0.39, 0.29) is 24.7 Å². The van der Waals surface area contributed by atoms with Gasteiger partial charge in [0.05, 0.1) is 10.0 Å². The Kier molecular flexibility index (Phi) is 4.30. The second kappa shape index (κ2) is 5.81. The molecule has 3 amide bonds. The molecule has 1 fully saturated rings. The van der Waals surface area contributed by atoms with E-state index in [2.05, 4.69) is 5.32 Å². The van der Waals surface area contributed by atoms with Gasteiger partial charge in [-0.2, -0.15) is 0 Å². The Hall–Kier alpha value is -1.59. The number of hydrogen-bond acceptors (Lipinski definition) is 3. The molecule has 2 rings (SSSR count). The molecule has 0 aromatic heterocycles. The fraction of sp³-hybridized carbons (Fsp3) is 0.308. The number of carbonyl (C=O) groups is 3. The van der Waals surface area contributed by atoms with Crippen molar-refractivity contribution in [3.8, 4) is 0 Å². The highest BCUT2D eigenvalue weighted by atomic mass is 35.5. The summed E-state index contributed by atoms with van der Waals surface area (Å²) >= 11 is 11.6. The van der Waals surface area contributed by atoms with Gasteiger partial charge in [0, 0.05) is 18.5 Å². The first-order valence-corrected chi connectivity index (χ1v) is 6.76. The molecule has 0 radical (unpaired) electrons. The summed E-state index contributed by atoms with van der Waals surface area (Å²) in [6.45, 7) is 1.51. The van der Waals surface area contributed by atoms with Crippen LogP contribution in [0.4, 0.5) is 5.69 Å². The van der Waals surface area contributed by atoms with Crippen LogP contribution in [0.3, 0.4) is 0 Å². The molecule has 0 unspecified atom stereocenters. The average molecular weight is 315 g/mol. The summed E-state index contributed by atoms with van der Waals surface area (Å²) in [5, 5.41) is 3.29. The third kappa shape index (κ3) is 2.94. The number of carbonyl (C=O) groups excluding carboxylic acids is 3. The van der Waals surface area contributed by atoms with Crippen molar-refractivity contribution in [3.63, 3.8) is 0 Å². The van der Waals surface area contributed by atoms with Gasteiger partial charge in [-0.25, -0.2) is 0 Å². The molecule has 0 saturated carbocycles. The van der Waals surface area contributed by atoms with Gasteiger partial charge in [-0.3, -0.25) is 19.3 Å². The molecule has 20 heavy (non-hydrogen) atoms. The van der Waals surface area contributed by atoms with Crippen LogP contribution in [-0.2, 0) is 14.4 Å². The van der Waals surface area contributed by atoms with Gasteiger partial charge < -0.3 is 5.32 Å². The molecule has 1 aromatic rings. The maximum Gasteiger partial charge on any atom is 0.247 e. The van der Waals surface area contributed by atoms with Crippen molar-refractivity contribution in [3.05, 3.63) is 28.2 Å². The molecule has 0 bridgehead atoms. The van der Waals surface area contributed by atoms with Crippen LogP contribution in [0.15, 0.2) is 18.2 Å². The van der Waals surface area contributed by atoms with E-state index in [0.29, 0.717) is 15.7 Å². The lowest BCUT2D eigenvalue weighted by Gasteiger charge is -2.21. The maximum atomic E-state index is 12.1. The summed E-state index contributed by atoms with van der Waals surface area (Å²) < 4.78 is 0. The highest BCUT2D eigenvalue weighted by Crippen LogP contribution is 2.25. The molecule has 1 saturated heterocycles. The molecule has 1 aliphatic rings. The lowest BCUT2D eigenvalue weighted by Crippen LogP contribution is -2.44. The maximum absolute atomic E-state index is 12.1. The standard InChI is InChI=1S/C13H12Cl2N2O3/c1-7(17-11(18)4-5-12(17)19)13(20)16-8-2-3-9(14)10(15)6-8/h2-3,6-7H,4-5H2,1H3,(H,16,20)/t7-/m0/s1. The molecule has 5 nitrogen and oxygen atoms in total. The third-order valence-corrected chi connectivity index (χ3v) is 3.78. The topological polar surface area (TPSA) is 66.5 Å². The second-order valence-electron chi connectivity index (χ2n) is 4.45. The summed E-state index contributed by atoms with van der Waals surface area (Å²) in [5.74, 6) is -1.11. The smallest absolute Gasteiger partial charge is 0.247 e. The van der Waals surface area contributed by atoms with Gasteiger partial charge in [-0.15, -0.1) is 0 Å². The van der Waals surface area contributed by atoms with Crippen LogP contribution < -0.4 is 5.32 Å². The number of likely N-dealkylation sites (tertiary alicyclic amines) is 1. The molecule has 106 valence electrons. The minimum absolute atomic E-state index is 0.156. The molecule has 1 atom stereocenters. The Morgan fingerprint density at radius 1 is 1.20 bits per heavy atom. The number of imide groups is 1. The van der Waals surface area contributed by atoms with Crippen molar-refractivity contribution >= 4 is 46.6 Å². The number of halogens is 2. The third-order valence-electron chi connectivity index (χ3n) is 3.04. The van der Waals surface area contributed by atoms with Gasteiger partial charge >= 0.3 is 0 Å². The van der Waals surface area contributed by atoms with E-state index in [1.54, 1.807) is 12.1 Å². The van der Waals surface area contributed by atoms with E-state index >= 15 is 0 Å². The van der Waals surface area contributed by atoms with Crippen LogP contribution in [0.5, 0.6) is 0 Å². The minimum atomic E-state index is -0.855. The lowest BCUT2D eigenvalue weighted by molar-refractivity contribution is -0.144. The number of nitrogens with one attached hydrogen (secondary N) is 1. The Morgan fingerprint density at radius 2 is 1.80 bits per heavy atom. The van der Waals surface area contributed by atoms with Crippen molar-refractivity contribution in [1.29, 1.82) is 0 Å². The fourth-order valence-electron chi connectivity index (χ4n) is 1.96. The van der Waals surface area contributed by atoms with Crippen molar-refractivity contribution < 1.29 is 14.4 Å². The summed E-state index contributed by atoms with van der Waals surface area (Å²) in [6, 6.07) is 3.79. The van der Waals surface area contributed by atoms with Crippen molar-refractivity contribution in [2.24, 2.45) is 0 Å². The zero-order valence-electron chi connectivity index (χ0n) is 10.7. The van der Waals surface area contributed by atoms with Gasteiger partial charge in [-0.05, 0) is 25.1 Å². The lowest BCUT2D eigenvalue weighted by atomic mass is 10.2. The second-order valence-corrected chi connectivity index (χ2v) is 5.27. The first-order valence-electron chi connectivity index (χ1n) is 6.01. The molecular formula is C13H12Cl2N2O3. The van der Waals surface area contributed by atoms with Crippen molar-refractivity contribution in [1.82, 2.24) is 4.90 Å². The van der Waals surface area contributed by atoms with E-state index < -0.39 is 11.9 Å². The van der Waals surface area contributed by atoms with Crippen LogP contribution in [0, 0.1) is 0 Å². The number of anilines is 1. The van der Waals surface area contributed by atoms with Crippen molar-refractivity contribution in [2.45, 2.75) is 25.8 Å². The van der Waals surface area contributed by atoms with E-state index in [1.807, 2.05) is 0 Å². The van der Waals surface area contributed by atoms with Crippen molar-refractivity contribution in [2.75, 3.05) is 5.32 Å². The predicted molar refractivity (Wildman–Crippen MR) is 75.6 cm³/mol. The molecule has 1 aliphatic heterocycles. The Morgan fingerprint density at radius 3 is 2.35 bits per heavy atom. The highest BCUT2D eigenvalue weighted by Gasteiger charge is 2.36. The normalized spacial score (nSPS) is 16.4. The zero-order chi connectivity index (χ0) is 14.9. The molecule has 0 spiro atoms. The minimum Gasteiger partial charge on any atom is -0.324 e. The quantitative estimate of drug-likeness (QED) is 0.871. The van der Waals surface area contributed by atoms with Gasteiger partial charge in [0.1, 0.15) is 6.04 Å². The van der Waals surface area contributed by atoms with Gasteiger partial charge in [0.15, 0.2) is 0 Å². The predicted octanol–water partition coefficient (Wildman–Crippen LogP) is 2.47. The summed E-state index contributed by atoms with van der Waals surface area (Å²) in [6.07, 6.45) is 0.312. The summed E-state index contributed by atoms with van der Waals surface area (Å²) in [5.41, 5.74) is 0.454. The Bertz CT molecular complexity index is 573. The SMILES string of the molecule is C[C@@H](C(=O)Nc1ccc(Cl)c(Cl)c1)N1C(=O)CCC1=O. The molecule has 0 aliphatic carbocycles. The van der Waals surface area contributed by atoms with Gasteiger partial charge in [0.2, 0.25) is 17.7 Å². The van der Waals surface area contributed by atoms with Gasteiger partial charge in [0.25, 0.3) is 0 Å². The summed E-state index contributed by atoms with van der Waals surface area (Å²) in [7, 11) is 0. The average Bonchev–Trinajstić information content (AvgIpc) is 2.72.